The number of hydrogen-bond donors (Lipinski definition) is 0. The number of anilines is 1. The maximum Gasteiger partial charge on any atom is 0.162 e. The van der Waals surface area contributed by atoms with Crippen molar-refractivity contribution in [1.82, 2.24) is 0 Å². The molecule has 0 heterocycles. The summed E-state index contributed by atoms with van der Waals surface area (Å²) < 4.78 is 0. The van der Waals surface area contributed by atoms with Crippen LogP contribution in [-0.4, -0.2) is 18.9 Å². The monoisotopic (exact) mass is 273 g/mol. The summed E-state index contributed by atoms with van der Waals surface area (Å²) in [6, 6.07) is 8.78. The maximum absolute atomic E-state index is 11.7. The van der Waals surface area contributed by atoms with Gasteiger partial charge in [0.25, 0.3) is 0 Å². The summed E-state index contributed by atoms with van der Waals surface area (Å²) in [6.07, 6.45) is 7.21. The largest absolute Gasteiger partial charge is 0.372 e. The first kappa shape index (κ1) is 15.1. The Morgan fingerprint density at radius 3 is 2.20 bits per heavy atom. The average molecular weight is 273 g/mol. The molecule has 20 heavy (non-hydrogen) atoms. The van der Waals surface area contributed by atoms with E-state index in [4.69, 9.17) is 0 Å². The topological polar surface area (TPSA) is 20.3 Å². The molecule has 0 saturated heterocycles. The zero-order valence-electron chi connectivity index (χ0n) is 13.1. The lowest BCUT2D eigenvalue weighted by Crippen LogP contribution is -2.35. The third-order valence-corrected chi connectivity index (χ3v) is 4.86. The smallest absolute Gasteiger partial charge is 0.162 e. The average Bonchev–Trinajstić information content (AvgIpc) is 2.53. The van der Waals surface area contributed by atoms with Crippen molar-refractivity contribution in [2.75, 3.05) is 11.9 Å². The number of ketones is 1. The molecule has 2 heteroatoms. The molecular weight excluding hydrogens is 246 g/mol. The fourth-order valence-electron chi connectivity index (χ4n) is 3.24. The van der Waals surface area contributed by atoms with E-state index in [2.05, 4.69) is 31.0 Å². The van der Waals surface area contributed by atoms with Crippen LogP contribution in [0.2, 0.25) is 0 Å². The maximum atomic E-state index is 11.7. The van der Waals surface area contributed by atoms with E-state index >= 15 is 0 Å². The van der Waals surface area contributed by atoms with Gasteiger partial charge in [0.1, 0.15) is 0 Å². The van der Waals surface area contributed by atoms with Gasteiger partial charge in [-0.1, -0.05) is 20.3 Å². The number of nitrogens with zero attached hydrogens (tertiary/aromatic N) is 1. The predicted octanol–water partition coefficient (Wildman–Crippen LogP) is 4.68. The van der Waals surface area contributed by atoms with Crippen LogP contribution in [0, 0.1) is 5.92 Å². The Kier molecular flexibility index (Phi) is 5.22. The molecule has 0 N–H and O–H groups in total. The van der Waals surface area contributed by atoms with Gasteiger partial charge in [0.15, 0.2) is 5.78 Å². The van der Waals surface area contributed by atoms with Crippen molar-refractivity contribution in [3.63, 3.8) is 0 Å². The number of carbonyl (C=O) groups excluding carboxylic acids is 1. The van der Waals surface area contributed by atoms with Crippen molar-refractivity contribution in [3.8, 4) is 0 Å². The molecule has 0 unspecified atom stereocenters. The Balaban J connectivity index is 1.99. The molecular formula is C18H27NO. The lowest BCUT2D eigenvalue weighted by Gasteiger charge is -2.35. The van der Waals surface area contributed by atoms with E-state index < -0.39 is 0 Å². The summed E-state index contributed by atoms with van der Waals surface area (Å²) in [5.74, 6) is 1.16. The molecule has 2 rings (SSSR count). The van der Waals surface area contributed by atoms with Crippen LogP contribution in [0.25, 0.3) is 0 Å². The molecule has 1 saturated carbocycles. The van der Waals surface area contributed by atoms with Gasteiger partial charge in [-0.25, -0.2) is 0 Å². The molecule has 110 valence electrons. The Hall–Kier alpha value is -1.31. The number of Topliss-reactive ketones (excluding diaryl/α,β-unsaturated/α-hetero) is 1. The lowest BCUT2D eigenvalue weighted by atomic mass is 9.84. The van der Waals surface area contributed by atoms with Crippen molar-refractivity contribution >= 4 is 11.5 Å². The molecule has 1 aromatic rings. The summed E-state index contributed by atoms with van der Waals surface area (Å²) in [7, 11) is 2.19. The molecule has 0 radical (unpaired) electrons. The van der Waals surface area contributed by atoms with Gasteiger partial charge >= 0.3 is 0 Å². The number of carbonyl (C=O) groups is 1. The Bertz CT molecular complexity index is 429. The van der Waals surface area contributed by atoms with Crippen molar-refractivity contribution in [2.24, 2.45) is 5.92 Å². The van der Waals surface area contributed by atoms with Gasteiger partial charge in [-0.15, -0.1) is 0 Å². The quantitative estimate of drug-likeness (QED) is 0.726. The van der Waals surface area contributed by atoms with Crippen LogP contribution in [0.1, 0.15) is 62.7 Å². The van der Waals surface area contributed by atoms with Crippen molar-refractivity contribution < 1.29 is 4.79 Å². The standard InChI is InChI=1S/C18H27NO/c1-4-14-6-10-16(11-7-14)19(3)17-12-8-15(9-13-17)18(20)5-2/h8-9,12-14,16H,4-7,10-11H2,1-3H3. The Labute approximate surface area is 123 Å². The van der Waals surface area contributed by atoms with Gasteiger partial charge < -0.3 is 4.90 Å². The summed E-state index contributed by atoms with van der Waals surface area (Å²) in [6.45, 7) is 4.21. The number of rotatable bonds is 5. The van der Waals surface area contributed by atoms with E-state index in [1.165, 1.54) is 37.8 Å². The van der Waals surface area contributed by atoms with Crippen LogP contribution in [-0.2, 0) is 0 Å². The van der Waals surface area contributed by atoms with Crippen molar-refractivity contribution in [3.05, 3.63) is 29.8 Å². The third-order valence-electron chi connectivity index (χ3n) is 4.86. The van der Waals surface area contributed by atoms with Crippen LogP contribution in [0.5, 0.6) is 0 Å². The van der Waals surface area contributed by atoms with E-state index in [1.807, 2.05) is 19.1 Å². The van der Waals surface area contributed by atoms with Gasteiger partial charge in [-0.05, 0) is 55.9 Å². The van der Waals surface area contributed by atoms with E-state index in [0.717, 1.165) is 11.5 Å². The summed E-state index contributed by atoms with van der Waals surface area (Å²) in [5, 5.41) is 0. The Morgan fingerprint density at radius 2 is 1.70 bits per heavy atom. The summed E-state index contributed by atoms with van der Waals surface area (Å²) >= 11 is 0. The van der Waals surface area contributed by atoms with Crippen LogP contribution >= 0.6 is 0 Å². The summed E-state index contributed by atoms with van der Waals surface area (Å²) in [5.41, 5.74) is 2.07. The zero-order valence-corrected chi connectivity index (χ0v) is 13.1. The summed E-state index contributed by atoms with van der Waals surface area (Å²) in [4.78, 5) is 14.0. The molecule has 0 aliphatic heterocycles. The minimum Gasteiger partial charge on any atom is -0.372 e. The second-order valence-electron chi connectivity index (χ2n) is 6.02. The van der Waals surface area contributed by atoms with Crippen LogP contribution in [0.15, 0.2) is 24.3 Å². The first-order valence-electron chi connectivity index (χ1n) is 8.01. The highest BCUT2D eigenvalue weighted by Crippen LogP contribution is 2.31. The predicted molar refractivity (Wildman–Crippen MR) is 85.5 cm³/mol. The van der Waals surface area contributed by atoms with Gasteiger partial charge in [-0.2, -0.15) is 0 Å². The molecule has 0 aromatic heterocycles. The second kappa shape index (κ2) is 6.92. The SMILES string of the molecule is CCC(=O)c1ccc(N(C)C2CCC(CC)CC2)cc1. The second-order valence-corrected chi connectivity index (χ2v) is 6.02. The molecule has 1 aliphatic carbocycles. The molecule has 0 spiro atoms. The van der Waals surface area contributed by atoms with E-state index in [1.54, 1.807) is 0 Å². The highest BCUT2D eigenvalue weighted by molar-refractivity contribution is 5.96. The van der Waals surface area contributed by atoms with E-state index in [-0.39, 0.29) is 5.78 Å². The van der Waals surface area contributed by atoms with Crippen LogP contribution < -0.4 is 4.90 Å². The highest BCUT2D eigenvalue weighted by atomic mass is 16.1. The van der Waals surface area contributed by atoms with Gasteiger partial charge in [-0.3, -0.25) is 4.79 Å². The molecule has 1 fully saturated rings. The van der Waals surface area contributed by atoms with Crippen LogP contribution in [0.3, 0.4) is 0 Å². The molecule has 2 nitrogen and oxygen atoms in total. The first-order chi connectivity index (χ1) is 9.65. The molecule has 1 aliphatic rings. The van der Waals surface area contributed by atoms with E-state index in [0.29, 0.717) is 12.5 Å². The first-order valence-corrected chi connectivity index (χ1v) is 8.01. The molecule has 0 bridgehead atoms. The number of benzene rings is 1. The third kappa shape index (κ3) is 3.41. The van der Waals surface area contributed by atoms with Gasteiger partial charge in [0.05, 0.1) is 0 Å². The van der Waals surface area contributed by atoms with Crippen LogP contribution in [0.4, 0.5) is 5.69 Å². The van der Waals surface area contributed by atoms with Gasteiger partial charge in [0.2, 0.25) is 0 Å². The minimum absolute atomic E-state index is 0.225. The molecule has 1 aromatic carbocycles. The number of hydrogen-bond acceptors (Lipinski definition) is 2. The zero-order chi connectivity index (χ0) is 14.5. The van der Waals surface area contributed by atoms with Crippen molar-refractivity contribution in [1.29, 1.82) is 0 Å². The Morgan fingerprint density at radius 1 is 1.10 bits per heavy atom. The highest BCUT2D eigenvalue weighted by Gasteiger charge is 2.23. The fourth-order valence-corrected chi connectivity index (χ4v) is 3.24. The lowest BCUT2D eigenvalue weighted by molar-refractivity contribution is 0.0988. The van der Waals surface area contributed by atoms with Crippen molar-refractivity contribution in [2.45, 2.75) is 58.4 Å². The molecule has 0 amide bonds. The normalized spacial score (nSPS) is 22.6. The fraction of sp³-hybridized carbons (Fsp3) is 0.611. The van der Waals surface area contributed by atoms with E-state index in [9.17, 15) is 4.79 Å². The minimum atomic E-state index is 0.225. The molecule has 0 atom stereocenters. The van der Waals surface area contributed by atoms with Gasteiger partial charge in [0, 0.05) is 30.8 Å².